The standard InChI is InChI=1S/C12H16F2N2O.C2H4/c1-5-11(7(2)12(15)17)16-6-10(8(3)13)9(4)14;1-2/h5,16H,1,3,6H2,2,4H3,(H2,15,17);1-2H2/b10-9+,11-7-;. The highest BCUT2D eigenvalue weighted by Gasteiger charge is 2.09. The van der Waals surface area contributed by atoms with E-state index in [2.05, 4.69) is 31.6 Å². The number of rotatable bonds is 6. The summed E-state index contributed by atoms with van der Waals surface area (Å²) in [7, 11) is 0. The molecule has 0 fully saturated rings. The summed E-state index contributed by atoms with van der Waals surface area (Å²) in [6.45, 7) is 15.0. The maximum absolute atomic E-state index is 12.9. The molecular weight excluding hydrogens is 250 g/mol. The molecule has 106 valence electrons. The number of allylic oxidation sites excluding steroid dienone is 2. The fourth-order valence-electron chi connectivity index (χ4n) is 1.08. The normalized spacial score (nSPS) is 12.2. The number of hydrogen-bond donors (Lipinski definition) is 2. The smallest absolute Gasteiger partial charge is 0.246 e. The van der Waals surface area contributed by atoms with Gasteiger partial charge in [-0.15, -0.1) is 13.2 Å². The molecule has 0 aromatic rings. The Morgan fingerprint density at radius 1 is 1.32 bits per heavy atom. The minimum Gasteiger partial charge on any atom is -0.380 e. The minimum absolute atomic E-state index is 0.135. The van der Waals surface area contributed by atoms with Gasteiger partial charge in [-0.25, -0.2) is 8.78 Å². The molecule has 1 amide bonds. The van der Waals surface area contributed by atoms with Gasteiger partial charge in [-0.2, -0.15) is 0 Å². The monoisotopic (exact) mass is 270 g/mol. The summed E-state index contributed by atoms with van der Waals surface area (Å²) < 4.78 is 25.8. The number of halogens is 2. The molecule has 0 rings (SSSR count). The van der Waals surface area contributed by atoms with E-state index in [0.29, 0.717) is 5.70 Å². The van der Waals surface area contributed by atoms with Crippen molar-refractivity contribution in [2.24, 2.45) is 5.73 Å². The van der Waals surface area contributed by atoms with E-state index in [1.54, 1.807) is 0 Å². The summed E-state index contributed by atoms with van der Waals surface area (Å²) in [6.07, 6.45) is 1.35. The number of hydrogen-bond acceptors (Lipinski definition) is 2. The lowest BCUT2D eigenvalue weighted by molar-refractivity contribution is -0.114. The van der Waals surface area contributed by atoms with Crippen molar-refractivity contribution in [1.82, 2.24) is 5.32 Å². The lowest BCUT2D eigenvalue weighted by Crippen LogP contribution is -2.22. The molecule has 0 aliphatic heterocycles. The average molecular weight is 270 g/mol. The van der Waals surface area contributed by atoms with E-state index < -0.39 is 17.6 Å². The zero-order valence-corrected chi connectivity index (χ0v) is 11.4. The van der Waals surface area contributed by atoms with E-state index in [9.17, 15) is 13.6 Å². The Labute approximate surface area is 112 Å². The quantitative estimate of drug-likeness (QED) is 0.443. The zero-order valence-electron chi connectivity index (χ0n) is 11.4. The fraction of sp³-hybridized carbons (Fsp3) is 0.214. The number of amides is 1. The first kappa shape index (κ1) is 19.2. The third kappa shape index (κ3) is 6.98. The molecule has 0 unspecified atom stereocenters. The highest BCUT2D eigenvalue weighted by molar-refractivity contribution is 5.92. The van der Waals surface area contributed by atoms with Gasteiger partial charge >= 0.3 is 0 Å². The summed E-state index contributed by atoms with van der Waals surface area (Å²) in [6, 6.07) is 0. The van der Waals surface area contributed by atoms with Crippen molar-refractivity contribution < 1.29 is 13.6 Å². The molecule has 0 aromatic carbocycles. The summed E-state index contributed by atoms with van der Waals surface area (Å²) in [4.78, 5) is 10.9. The van der Waals surface area contributed by atoms with Crippen LogP contribution in [-0.2, 0) is 4.79 Å². The van der Waals surface area contributed by atoms with Crippen LogP contribution in [0, 0.1) is 0 Å². The van der Waals surface area contributed by atoms with Gasteiger partial charge in [0.25, 0.3) is 0 Å². The van der Waals surface area contributed by atoms with Gasteiger partial charge in [-0.1, -0.05) is 13.2 Å². The lowest BCUT2D eigenvalue weighted by Gasteiger charge is -2.11. The van der Waals surface area contributed by atoms with Crippen LogP contribution >= 0.6 is 0 Å². The van der Waals surface area contributed by atoms with Crippen LogP contribution in [0.5, 0.6) is 0 Å². The third-order valence-corrected chi connectivity index (χ3v) is 2.18. The van der Waals surface area contributed by atoms with Gasteiger partial charge in [0.15, 0.2) is 0 Å². The van der Waals surface area contributed by atoms with Crippen LogP contribution in [-0.4, -0.2) is 12.5 Å². The zero-order chi connectivity index (χ0) is 15.6. The predicted octanol–water partition coefficient (Wildman–Crippen LogP) is 3.05. The molecule has 0 aliphatic carbocycles. The van der Waals surface area contributed by atoms with Crippen molar-refractivity contribution >= 4 is 5.91 Å². The molecule has 0 heterocycles. The van der Waals surface area contributed by atoms with E-state index in [0.717, 1.165) is 6.92 Å². The second-order valence-corrected chi connectivity index (χ2v) is 3.38. The topological polar surface area (TPSA) is 55.1 Å². The highest BCUT2D eigenvalue weighted by Crippen LogP contribution is 2.15. The summed E-state index contributed by atoms with van der Waals surface area (Å²) in [5.74, 6) is -2.17. The summed E-state index contributed by atoms with van der Waals surface area (Å²) in [5.41, 5.74) is 5.45. The largest absolute Gasteiger partial charge is 0.380 e. The van der Waals surface area contributed by atoms with Crippen LogP contribution in [0.3, 0.4) is 0 Å². The lowest BCUT2D eigenvalue weighted by atomic mass is 10.2. The van der Waals surface area contributed by atoms with Crippen molar-refractivity contribution in [2.75, 3.05) is 6.54 Å². The van der Waals surface area contributed by atoms with Crippen LogP contribution in [0.25, 0.3) is 0 Å². The number of carbonyl (C=O) groups is 1. The van der Waals surface area contributed by atoms with Gasteiger partial charge in [0.05, 0.1) is 0 Å². The molecule has 0 radical (unpaired) electrons. The average Bonchev–Trinajstić information content (AvgIpc) is 2.35. The Morgan fingerprint density at radius 3 is 2.05 bits per heavy atom. The maximum Gasteiger partial charge on any atom is 0.246 e. The van der Waals surface area contributed by atoms with Gasteiger partial charge in [0.1, 0.15) is 11.7 Å². The number of primary amides is 1. The number of carbonyl (C=O) groups excluding carboxylic acids is 1. The first-order chi connectivity index (χ1) is 8.81. The van der Waals surface area contributed by atoms with Gasteiger partial charge in [-0.3, -0.25) is 4.79 Å². The van der Waals surface area contributed by atoms with Crippen LogP contribution in [0.1, 0.15) is 13.8 Å². The van der Waals surface area contributed by atoms with Crippen LogP contribution < -0.4 is 11.1 Å². The minimum atomic E-state index is -0.863. The number of nitrogens with one attached hydrogen (secondary N) is 1. The van der Waals surface area contributed by atoms with E-state index in [-0.39, 0.29) is 17.7 Å². The Bertz CT molecular complexity index is 419. The summed E-state index contributed by atoms with van der Waals surface area (Å²) >= 11 is 0. The SMILES string of the molecule is C=C.C=C/C(NC/C(C(=C)F)=C(/C)F)=C(\C)C(N)=O. The van der Waals surface area contributed by atoms with Gasteiger partial charge in [0, 0.05) is 23.4 Å². The molecule has 0 saturated heterocycles. The Balaban J connectivity index is 0. The van der Waals surface area contributed by atoms with E-state index >= 15 is 0 Å². The van der Waals surface area contributed by atoms with Crippen LogP contribution in [0.4, 0.5) is 8.78 Å². The molecule has 0 spiro atoms. The first-order valence-electron chi connectivity index (χ1n) is 5.38. The molecule has 0 atom stereocenters. The molecule has 0 aromatic heterocycles. The van der Waals surface area contributed by atoms with Crippen molar-refractivity contribution in [3.63, 3.8) is 0 Å². The van der Waals surface area contributed by atoms with Crippen molar-refractivity contribution in [3.05, 3.63) is 60.9 Å². The Kier molecular flexibility index (Phi) is 9.91. The maximum atomic E-state index is 12.9. The second kappa shape index (κ2) is 9.82. The summed E-state index contributed by atoms with van der Waals surface area (Å²) in [5, 5.41) is 2.68. The fourth-order valence-corrected chi connectivity index (χ4v) is 1.08. The number of nitrogens with two attached hydrogens (primary N) is 1. The second-order valence-electron chi connectivity index (χ2n) is 3.38. The highest BCUT2D eigenvalue weighted by atomic mass is 19.1. The molecule has 0 bridgehead atoms. The molecule has 0 saturated carbocycles. The van der Waals surface area contributed by atoms with E-state index in [4.69, 9.17) is 5.73 Å². The first-order valence-corrected chi connectivity index (χ1v) is 5.38. The third-order valence-electron chi connectivity index (χ3n) is 2.18. The van der Waals surface area contributed by atoms with Crippen molar-refractivity contribution in [3.8, 4) is 0 Å². The Morgan fingerprint density at radius 2 is 1.79 bits per heavy atom. The molecular formula is C14H20F2N2O. The Hall–Kier alpha value is -2.17. The van der Waals surface area contributed by atoms with Crippen molar-refractivity contribution in [2.45, 2.75) is 13.8 Å². The van der Waals surface area contributed by atoms with E-state index in [1.165, 1.54) is 13.0 Å². The molecule has 19 heavy (non-hydrogen) atoms. The van der Waals surface area contributed by atoms with Crippen molar-refractivity contribution in [1.29, 1.82) is 0 Å². The molecule has 5 heteroatoms. The van der Waals surface area contributed by atoms with Gasteiger partial charge < -0.3 is 11.1 Å². The van der Waals surface area contributed by atoms with Crippen LogP contribution in [0.15, 0.2) is 60.9 Å². The molecule has 3 nitrogen and oxygen atoms in total. The van der Waals surface area contributed by atoms with Gasteiger partial charge in [-0.05, 0) is 19.9 Å². The van der Waals surface area contributed by atoms with Gasteiger partial charge in [0.2, 0.25) is 5.91 Å². The predicted molar refractivity (Wildman–Crippen MR) is 75.4 cm³/mol. The van der Waals surface area contributed by atoms with Crippen LogP contribution in [0.2, 0.25) is 0 Å². The molecule has 0 aliphatic rings. The van der Waals surface area contributed by atoms with E-state index in [1.807, 2.05) is 0 Å². The molecule has 3 N–H and O–H groups in total.